The number of hydrogen-bond donors (Lipinski definition) is 1. The highest BCUT2D eigenvalue weighted by molar-refractivity contribution is 6.12. The summed E-state index contributed by atoms with van der Waals surface area (Å²) in [7, 11) is 0. The maximum absolute atomic E-state index is 12.5. The summed E-state index contributed by atoms with van der Waals surface area (Å²) in [4.78, 5) is 16.8. The fourth-order valence-electron chi connectivity index (χ4n) is 2.44. The molecule has 0 bridgehead atoms. The second-order valence-electron chi connectivity index (χ2n) is 5.15. The lowest BCUT2D eigenvalue weighted by Gasteiger charge is -2.10. The predicted molar refractivity (Wildman–Crippen MR) is 85.6 cm³/mol. The summed E-state index contributed by atoms with van der Waals surface area (Å²) < 4.78 is 0. The number of aryl methyl sites for hydroxylation is 2. The van der Waals surface area contributed by atoms with Gasteiger partial charge in [0, 0.05) is 22.8 Å². The van der Waals surface area contributed by atoms with Crippen LogP contribution in [0.15, 0.2) is 54.7 Å². The SMILES string of the molecule is Cc1ccc(NC(=O)c2cccc3ncccc23)c(C)c1. The van der Waals surface area contributed by atoms with Gasteiger partial charge in [-0.05, 0) is 43.7 Å². The van der Waals surface area contributed by atoms with Gasteiger partial charge in [0.25, 0.3) is 5.91 Å². The normalized spacial score (nSPS) is 10.6. The Labute approximate surface area is 123 Å². The third-order valence-electron chi connectivity index (χ3n) is 3.52. The van der Waals surface area contributed by atoms with Crippen LogP contribution in [-0.2, 0) is 0 Å². The lowest BCUT2D eigenvalue weighted by Crippen LogP contribution is -2.13. The second-order valence-corrected chi connectivity index (χ2v) is 5.15. The number of nitrogens with one attached hydrogen (secondary N) is 1. The maximum Gasteiger partial charge on any atom is 0.256 e. The average Bonchev–Trinajstić information content (AvgIpc) is 2.49. The van der Waals surface area contributed by atoms with Crippen molar-refractivity contribution < 1.29 is 4.79 Å². The van der Waals surface area contributed by atoms with Crippen molar-refractivity contribution in [3.63, 3.8) is 0 Å². The molecule has 21 heavy (non-hydrogen) atoms. The molecule has 0 aliphatic carbocycles. The van der Waals surface area contributed by atoms with Crippen LogP contribution < -0.4 is 5.32 Å². The van der Waals surface area contributed by atoms with Crippen molar-refractivity contribution in [1.29, 1.82) is 0 Å². The summed E-state index contributed by atoms with van der Waals surface area (Å²) in [6.07, 6.45) is 1.73. The number of aromatic nitrogens is 1. The molecule has 104 valence electrons. The van der Waals surface area contributed by atoms with Gasteiger partial charge in [-0.1, -0.05) is 29.8 Å². The van der Waals surface area contributed by atoms with Crippen LogP contribution in [0, 0.1) is 13.8 Å². The van der Waals surface area contributed by atoms with Crippen molar-refractivity contribution in [2.24, 2.45) is 0 Å². The molecule has 0 spiro atoms. The summed E-state index contributed by atoms with van der Waals surface area (Å²) in [5, 5.41) is 3.84. The molecule has 3 aromatic rings. The molecule has 1 heterocycles. The number of carbonyl (C=O) groups is 1. The van der Waals surface area contributed by atoms with Gasteiger partial charge in [0.2, 0.25) is 0 Å². The van der Waals surface area contributed by atoms with Crippen LogP contribution in [0.2, 0.25) is 0 Å². The molecule has 1 amide bonds. The van der Waals surface area contributed by atoms with E-state index in [0.29, 0.717) is 5.56 Å². The van der Waals surface area contributed by atoms with Gasteiger partial charge in [-0.3, -0.25) is 9.78 Å². The van der Waals surface area contributed by atoms with E-state index in [-0.39, 0.29) is 5.91 Å². The van der Waals surface area contributed by atoms with Gasteiger partial charge in [-0.15, -0.1) is 0 Å². The molecular formula is C18H16N2O. The summed E-state index contributed by atoms with van der Waals surface area (Å²) in [6.45, 7) is 4.03. The van der Waals surface area contributed by atoms with E-state index in [1.54, 1.807) is 6.20 Å². The number of pyridine rings is 1. The number of rotatable bonds is 2. The minimum Gasteiger partial charge on any atom is -0.322 e. The highest BCUT2D eigenvalue weighted by Crippen LogP contribution is 2.20. The van der Waals surface area contributed by atoms with Crippen molar-refractivity contribution in [3.05, 3.63) is 71.4 Å². The van der Waals surface area contributed by atoms with E-state index in [1.165, 1.54) is 5.56 Å². The topological polar surface area (TPSA) is 42.0 Å². The van der Waals surface area contributed by atoms with Gasteiger partial charge in [0.15, 0.2) is 0 Å². The van der Waals surface area contributed by atoms with Crippen LogP contribution >= 0.6 is 0 Å². The lowest BCUT2D eigenvalue weighted by atomic mass is 10.1. The molecule has 3 rings (SSSR count). The second kappa shape index (κ2) is 5.37. The molecule has 0 atom stereocenters. The first kappa shape index (κ1) is 13.3. The zero-order valence-corrected chi connectivity index (χ0v) is 12.1. The Bertz CT molecular complexity index is 819. The van der Waals surface area contributed by atoms with E-state index in [9.17, 15) is 4.79 Å². The molecule has 0 aliphatic rings. The van der Waals surface area contributed by atoms with Crippen LogP contribution in [0.1, 0.15) is 21.5 Å². The molecule has 3 nitrogen and oxygen atoms in total. The molecule has 0 aliphatic heterocycles. The fraction of sp³-hybridized carbons (Fsp3) is 0.111. The van der Waals surface area contributed by atoms with Crippen molar-refractivity contribution >= 4 is 22.5 Å². The molecule has 1 aromatic heterocycles. The van der Waals surface area contributed by atoms with Crippen LogP contribution in [0.5, 0.6) is 0 Å². The molecule has 0 radical (unpaired) electrons. The van der Waals surface area contributed by atoms with Crippen molar-refractivity contribution in [3.8, 4) is 0 Å². The highest BCUT2D eigenvalue weighted by atomic mass is 16.1. The molecule has 0 saturated carbocycles. The standard InChI is InChI=1S/C18H16N2O/c1-12-8-9-16(13(2)11-12)20-18(21)15-5-3-7-17-14(15)6-4-10-19-17/h3-11H,1-2H3,(H,20,21). The Kier molecular flexibility index (Phi) is 3.40. The number of fused-ring (bicyclic) bond motifs is 1. The number of carbonyl (C=O) groups excluding carboxylic acids is 1. The van der Waals surface area contributed by atoms with E-state index in [1.807, 2.05) is 56.3 Å². The summed E-state index contributed by atoms with van der Waals surface area (Å²) >= 11 is 0. The molecule has 3 heteroatoms. The van der Waals surface area contributed by atoms with Gasteiger partial charge in [0.05, 0.1) is 5.52 Å². The first-order chi connectivity index (χ1) is 10.1. The summed E-state index contributed by atoms with van der Waals surface area (Å²) in [5.74, 6) is -0.111. The van der Waals surface area contributed by atoms with Gasteiger partial charge < -0.3 is 5.32 Å². The molecule has 1 N–H and O–H groups in total. The molecule has 0 fully saturated rings. The molecule has 0 unspecified atom stereocenters. The van der Waals surface area contributed by atoms with Gasteiger partial charge >= 0.3 is 0 Å². The minimum absolute atomic E-state index is 0.111. The Hall–Kier alpha value is -2.68. The Morgan fingerprint density at radius 3 is 2.71 bits per heavy atom. The van der Waals surface area contributed by atoms with Crippen LogP contribution in [-0.4, -0.2) is 10.9 Å². The number of nitrogens with zero attached hydrogens (tertiary/aromatic N) is 1. The van der Waals surface area contributed by atoms with E-state index in [0.717, 1.165) is 22.2 Å². The Morgan fingerprint density at radius 1 is 1.05 bits per heavy atom. The number of benzene rings is 2. The van der Waals surface area contributed by atoms with E-state index in [4.69, 9.17) is 0 Å². The van der Waals surface area contributed by atoms with Gasteiger partial charge in [-0.2, -0.15) is 0 Å². The number of anilines is 1. The average molecular weight is 276 g/mol. The number of amides is 1. The zero-order chi connectivity index (χ0) is 14.8. The smallest absolute Gasteiger partial charge is 0.256 e. The highest BCUT2D eigenvalue weighted by Gasteiger charge is 2.11. The third-order valence-corrected chi connectivity index (χ3v) is 3.52. The largest absolute Gasteiger partial charge is 0.322 e. The molecule has 2 aromatic carbocycles. The van der Waals surface area contributed by atoms with Crippen LogP contribution in [0.4, 0.5) is 5.69 Å². The summed E-state index contributed by atoms with van der Waals surface area (Å²) in [6, 6.07) is 15.3. The Morgan fingerprint density at radius 2 is 1.90 bits per heavy atom. The maximum atomic E-state index is 12.5. The quantitative estimate of drug-likeness (QED) is 0.765. The van der Waals surface area contributed by atoms with E-state index in [2.05, 4.69) is 16.4 Å². The lowest BCUT2D eigenvalue weighted by molar-refractivity contribution is 0.102. The van der Waals surface area contributed by atoms with E-state index >= 15 is 0 Å². The first-order valence-corrected chi connectivity index (χ1v) is 6.87. The monoisotopic (exact) mass is 276 g/mol. The third kappa shape index (κ3) is 2.63. The minimum atomic E-state index is -0.111. The van der Waals surface area contributed by atoms with Crippen molar-refractivity contribution in [2.75, 3.05) is 5.32 Å². The van der Waals surface area contributed by atoms with Crippen LogP contribution in [0.25, 0.3) is 10.9 Å². The van der Waals surface area contributed by atoms with Gasteiger partial charge in [-0.25, -0.2) is 0 Å². The number of hydrogen-bond acceptors (Lipinski definition) is 2. The molecule has 0 saturated heterocycles. The van der Waals surface area contributed by atoms with Crippen LogP contribution in [0.3, 0.4) is 0 Å². The van der Waals surface area contributed by atoms with Crippen molar-refractivity contribution in [2.45, 2.75) is 13.8 Å². The fourth-order valence-corrected chi connectivity index (χ4v) is 2.44. The zero-order valence-electron chi connectivity index (χ0n) is 12.1. The van der Waals surface area contributed by atoms with Gasteiger partial charge in [0.1, 0.15) is 0 Å². The first-order valence-electron chi connectivity index (χ1n) is 6.87. The molecular weight excluding hydrogens is 260 g/mol. The Balaban J connectivity index is 1.97. The van der Waals surface area contributed by atoms with Crippen molar-refractivity contribution in [1.82, 2.24) is 4.98 Å². The predicted octanol–water partition coefficient (Wildman–Crippen LogP) is 4.10. The van der Waals surface area contributed by atoms with E-state index < -0.39 is 0 Å². The summed E-state index contributed by atoms with van der Waals surface area (Å²) in [5.41, 5.74) is 4.54.